The van der Waals surface area contributed by atoms with Crippen LogP contribution >= 0.6 is 0 Å². The van der Waals surface area contributed by atoms with Crippen molar-refractivity contribution in [1.29, 1.82) is 0 Å². The van der Waals surface area contributed by atoms with E-state index in [1.54, 1.807) is 0 Å². The Labute approximate surface area is 105 Å². The lowest BCUT2D eigenvalue weighted by Crippen LogP contribution is -2.47. The van der Waals surface area contributed by atoms with Crippen molar-refractivity contribution in [1.82, 2.24) is 9.71 Å². The molecule has 0 bridgehead atoms. The Morgan fingerprint density at radius 2 is 2.22 bits per heavy atom. The van der Waals surface area contributed by atoms with Gasteiger partial charge in [0.1, 0.15) is 4.90 Å². The number of hydrogen-bond acceptors (Lipinski definition) is 4. The van der Waals surface area contributed by atoms with Crippen LogP contribution in [0.5, 0.6) is 0 Å². The average Bonchev–Trinajstić information content (AvgIpc) is 2.28. The molecule has 1 fully saturated rings. The largest absolute Gasteiger partial charge is 0.481 e. The summed E-state index contributed by atoms with van der Waals surface area (Å²) < 4.78 is 26.1. The van der Waals surface area contributed by atoms with E-state index in [0.717, 1.165) is 6.42 Å². The molecule has 1 aromatic heterocycles. The van der Waals surface area contributed by atoms with Gasteiger partial charge in [-0.3, -0.25) is 9.78 Å². The van der Waals surface area contributed by atoms with Gasteiger partial charge in [-0.2, -0.15) is 0 Å². The van der Waals surface area contributed by atoms with Gasteiger partial charge in [-0.15, -0.1) is 0 Å². The molecule has 0 amide bonds. The summed E-state index contributed by atoms with van der Waals surface area (Å²) in [7, 11) is -3.68. The molecule has 1 heterocycles. The van der Waals surface area contributed by atoms with Crippen LogP contribution in [-0.2, 0) is 14.8 Å². The van der Waals surface area contributed by atoms with Gasteiger partial charge >= 0.3 is 5.97 Å². The van der Waals surface area contributed by atoms with E-state index in [1.807, 2.05) is 0 Å². The van der Waals surface area contributed by atoms with E-state index in [-0.39, 0.29) is 11.4 Å². The van der Waals surface area contributed by atoms with Crippen molar-refractivity contribution in [3.63, 3.8) is 0 Å². The lowest BCUT2D eigenvalue weighted by Gasteiger charge is -2.37. The van der Waals surface area contributed by atoms with Crippen molar-refractivity contribution in [2.24, 2.45) is 5.41 Å². The molecule has 1 saturated carbocycles. The Bertz CT molecular complexity index is 537. The lowest BCUT2D eigenvalue weighted by molar-refractivity contribution is -0.153. The maximum Gasteiger partial charge on any atom is 0.310 e. The van der Waals surface area contributed by atoms with Crippen LogP contribution in [0.2, 0.25) is 0 Å². The third-order valence-electron chi connectivity index (χ3n) is 3.31. The number of rotatable bonds is 5. The highest BCUT2D eigenvalue weighted by Crippen LogP contribution is 2.40. The first-order valence-electron chi connectivity index (χ1n) is 5.59. The fourth-order valence-corrected chi connectivity index (χ4v) is 2.98. The van der Waals surface area contributed by atoms with Crippen LogP contribution in [0.15, 0.2) is 29.4 Å². The summed E-state index contributed by atoms with van der Waals surface area (Å²) in [5.74, 6) is -0.942. The van der Waals surface area contributed by atoms with Gasteiger partial charge in [-0.25, -0.2) is 13.1 Å². The number of sulfonamides is 1. The standard InChI is InChI=1S/C11H14N2O4S/c14-10(15)11(4-2-5-11)8-13-18(16,17)9-3-1-6-12-7-9/h1,3,6-7,13H,2,4-5,8H2,(H,14,15). The van der Waals surface area contributed by atoms with Crippen molar-refractivity contribution >= 4 is 16.0 Å². The Morgan fingerprint density at radius 3 is 2.67 bits per heavy atom. The first-order chi connectivity index (χ1) is 8.46. The normalized spacial score (nSPS) is 18.0. The number of carboxylic acids is 1. The molecule has 1 aliphatic carbocycles. The smallest absolute Gasteiger partial charge is 0.310 e. The van der Waals surface area contributed by atoms with E-state index in [1.165, 1.54) is 24.5 Å². The van der Waals surface area contributed by atoms with Gasteiger partial charge < -0.3 is 5.11 Å². The van der Waals surface area contributed by atoms with Gasteiger partial charge in [0.15, 0.2) is 0 Å². The topological polar surface area (TPSA) is 96.4 Å². The van der Waals surface area contributed by atoms with Crippen LogP contribution in [0.25, 0.3) is 0 Å². The molecule has 1 aromatic rings. The number of aromatic nitrogens is 1. The number of nitrogens with one attached hydrogen (secondary N) is 1. The second-order valence-corrected chi connectivity index (χ2v) is 6.22. The van der Waals surface area contributed by atoms with Crippen LogP contribution in [0.4, 0.5) is 0 Å². The maximum absolute atomic E-state index is 11.9. The van der Waals surface area contributed by atoms with Gasteiger partial charge in [-0.1, -0.05) is 6.42 Å². The quantitative estimate of drug-likeness (QED) is 0.817. The Balaban J connectivity index is 2.08. The van der Waals surface area contributed by atoms with Gasteiger partial charge in [0.2, 0.25) is 10.0 Å². The average molecular weight is 270 g/mol. The van der Waals surface area contributed by atoms with Crippen molar-refractivity contribution in [3.8, 4) is 0 Å². The Hall–Kier alpha value is -1.47. The van der Waals surface area contributed by atoms with Gasteiger partial charge in [0.25, 0.3) is 0 Å². The highest BCUT2D eigenvalue weighted by atomic mass is 32.2. The molecule has 0 aromatic carbocycles. The van der Waals surface area contributed by atoms with Crippen molar-refractivity contribution in [3.05, 3.63) is 24.5 Å². The number of pyridine rings is 1. The van der Waals surface area contributed by atoms with E-state index in [4.69, 9.17) is 5.11 Å². The van der Waals surface area contributed by atoms with Crippen LogP contribution in [0, 0.1) is 5.41 Å². The molecule has 0 unspecified atom stereocenters. The molecule has 0 atom stereocenters. The molecule has 2 N–H and O–H groups in total. The lowest BCUT2D eigenvalue weighted by atomic mass is 9.69. The molecule has 0 saturated heterocycles. The van der Waals surface area contributed by atoms with E-state index in [2.05, 4.69) is 9.71 Å². The summed E-state index contributed by atoms with van der Waals surface area (Å²) in [6.45, 7) is -0.0699. The molecule has 1 aliphatic rings. The van der Waals surface area contributed by atoms with Gasteiger partial charge in [-0.05, 0) is 25.0 Å². The summed E-state index contributed by atoms with van der Waals surface area (Å²) in [6.07, 6.45) is 4.55. The maximum atomic E-state index is 11.9. The zero-order chi connectivity index (χ0) is 13.2. The summed E-state index contributed by atoms with van der Waals surface area (Å²) in [4.78, 5) is 14.9. The number of carboxylic acid groups (broad SMARTS) is 1. The molecule has 18 heavy (non-hydrogen) atoms. The van der Waals surface area contributed by atoms with Crippen molar-refractivity contribution < 1.29 is 18.3 Å². The minimum absolute atomic E-state index is 0.0462. The Kier molecular flexibility index (Phi) is 3.36. The SMILES string of the molecule is O=C(O)C1(CNS(=O)(=O)c2cccnc2)CCC1. The Morgan fingerprint density at radius 1 is 1.50 bits per heavy atom. The van der Waals surface area contributed by atoms with Crippen molar-refractivity contribution in [2.75, 3.05) is 6.54 Å². The molecule has 98 valence electrons. The molecule has 6 nitrogen and oxygen atoms in total. The second-order valence-electron chi connectivity index (χ2n) is 4.45. The number of carbonyl (C=O) groups is 1. The molecule has 2 rings (SSSR count). The van der Waals surface area contributed by atoms with Crippen LogP contribution in [-0.4, -0.2) is 31.0 Å². The molecular formula is C11H14N2O4S. The highest BCUT2D eigenvalue weighted by Gasteiger charge is 2.44. The van der Waals surface area contributed by atoms with E-state index >= 15 is 0 Å². The number of nitrogens with zero attached hydrogens (tertiary/aromatic N) is 1. The fourth-order valence-electron chi connectivity index (χ4n) is 1.89. The zero-order valence-corrected chi connectivity index (χ0v) is 10.5. The molecule has 7 heteroatoms. The molecular weight excluding hydrogens is 256 g/mol. The highest BCUT2D eigenvalue weighted by molar-refractivity contribution is 7.89. The first-order valence-corrected chi connectivity index (χ1v) is 7.08. The summed E-state index contributed by atoms with van der Waals surface area (Å²) in [5, 5.41) is 9.10. The third kappa shape index (κ3) is 2.37. The van der Waals surface area contributed by atoms with E-state index < -0.39 is 21.4 Å². The summed E-state index contributed by atoms with van der Waals surface area (Å²) in [5.41, 5.74) is -0.935. The van der Waals surface area contributed by atoms with Crippen molar-refractivity contribution in [2.45, 2.75) is 24.2 Å². The third-order valence-corrected chi connectivity index (χ3v) is 4.70. The van der Waals surface area contributed by atoms with Crippen LogP contribution in [0.3, 0.4) is 0 Å². The molecule has 0 spiro atoms. The minimum atomic E-state index is -3.68. The zero-order valence-electron chi connectivity index (χ0n) is 9.67. The predicted molar refractivity (Wildman–Crippen MR) is 63.3 cm³/mol. The number of aliphatic carboxylic acids is 1. The van der Waals surface area contributed by atoms with E-state index in [9.17, 15) is 13.2 Å². The second kappa shape index (κ2) is 4.66. The van der Waals surface area contributed by atoms with Crippen LogP contribution in [0.1, 0.15) is 19.3 Å². The minimum Gasteiger partial charge on any atom is -0.481 e. The van der Waals surface area contributed by atoms with Crippen LogP contribution < -0.4 is 4.72 Å². The number of hydrogen-bond donors (Lipinski definition) is 2. The summed E-state index contributed by atoms with van der Waals surface area (Å²) in [6, 6.07) is 2.94. The van der Waals surface area contributed by atoms with Gasteiger partial charge in [0.05, 0.1) is 5.41 Å². The first kappa shape index (κ1) is 13.0. The molecule has 0 radical (unpaired) electrons. The summed E-state index contributed by atoms with van der Waals surface area (Å²) >= 11 is 0. The van der Waals surface area contributed by atoms with E-state index in [0.29, 0.717) is 12.8 Å². The predicted octanol–water partition coefficient (Wildman–Crippen LogP) is 0.615. The fraction of sp³-hybridized carbons (Fsp3) is 0.455. The molecule has 0 aliphatic heterocycles. The van der Waals surface area contributed by atoms with Gasteiger partial charge in [0, 0.05) is 18.9 Å². The monoisotopic (exact) mass is 270 g/mol.